The van der Waals surface area contributed by atoms with Gasteiger partial charge < -0.3 is 5.32 Å². The molecule has 0 fully saturated rings. The maximum Gasteiger partial charge on any atom is 0.224 e. The van der Waals surface area contributed by atoms with E-state index in [1.54, 1.807) is 0 Å². The Kier molecular flexibility index (Phi) is 10.4. The molecule has 22 heavy (non-hydrogen) atoms. The van der Waals surface area contributed by atoms with Gasteiger partial charge in [-0.3, -0.25) is 4.79 Å². The number of carbonyl (C=O) groups is 1. The van der Waals surface area contributed by atoms with Gasteiger partial charge in [0.1, 0.15) is 0 Å². The maximum absolute atomic E-state index is 11.9. The molecule has 0 bridgehead atoms. The van der Waals surface area contributed by atoms with Gasteiger partial charge in [-0.05, 0) is 37.0 Å². The molecule has 2 heteroatoms. The molecule has 0 aromatic heterocycles. The van der Waals surface area contributed by atoms with Crippen molar-refractivity contribution in [1.29, 1.82) is 0 Å². The van der Waals surface area contributed by atoms with E-state index in [9.17, 15) is 4.79 Å². The van der Waals surface area contributed by atoms with E-state index < -0.39 is 0 Å². The number of unbranched alkanes of at least 4 members (excludes halogenated alkanes) is 7. The maximum atomic E-state index is 11.9. The highest BCUT2D eigenvalue weighted by Gasteiger charge is 2.02. The Morgan fingerprint density at radius 1 is 0.818 bits per heavy atom. The molecule has 0 heterocycles. The van der Waals surface area contributed by atoms with Crippen molar-refractivity contribution >= 4 is 11.6 Å². The topological polar surface area (TPSA) is 29.1 Å². The summed E-state index contributed by atoms with van der Waals surface area (Å²) in [6.45, 7) is 4.45. The van der Waals surface area contributed by atoms with Crippen molar-refractivity contribution in [1.82, 2.24) is 0 Å². The predicted octanol–water partition coefficient (Wildman–Crippen LogP) is 6.11. The smallest absolute Gasteiger partial charge is 0.224 e. The van der Waals surface area contributed by atoms with Crippen LogP contribution in [0.1, 0.15) is 83.6 Å². The summed E-state index contributed by atoms with van der Waals surface area (Å²) in [5.74, 6) is 0.146. The average Bonchev–Trinajstić information content (AvgIpc) is 2.53. The van der Waals surface area contributed by atoms with Crippen LogP contribution in [-0.4, -0.2) is 5.91 Å². The SMILES string of the molecule is CCCCCCCC(=O)Nc1ccc(CCCCCC)cc1. The number of carbonyl (C=O) groups excluding carboxylic acids is 1. The lowest BCUT2D eigenvalue weighted by Gasteiger charge is -2.07. The van der Waals surface area contributed by atoms with Gasteiger partial charge >= 0.3 is 0 Å². The number of aryl methyl sites for hydroxylation is 1. The molecule has 0 aliphatic heterocycles. The quantitative estimate of drug-likeness (QED) is 0.464. The summed E-state index contributed by atoms with van der Waals surface area (Å²) in [5, 5.41) is 3.00. The molecule has 124 valence electrons. The summed E-state index contributed by atoms with van der Waals surface area (Å²) in [7, 11) is 0. The van der Waals surface area contributed by atoms with Crippen LogP contribution in [-0.2, 0) is 11.2 Å². The van der Waals surface area contributed by atoms with Gasteiger partial charge in [0.2, 0.25) is 5.91 Å². The second kappa shape index (κ2) is 12.3. The summed E-state index contributed by atoms with van der Waals surface area (Å²) in [6, 6.07) is 8.35. The highest BCUT2D eigenvalue weighted by Crippen LogP contribution is 2.14. The standard InChI is InChI=1S/C20H33NO/c1-3-5-7-9-11-13-20(22)21-19-16-14-18(15-17-19)12-10-8-6-4-2/h14-17H,3-13H2,1-2H3,(H,21,22). The molecule has 0 aliphatic rings. The van der Waals surface area contributed by atoms with Gasteiger partial charge in [-0.1, -0.05) is 70.9 Å². The van der Waals surface area contributed by atoms with E-state index in [1.807, 2.05) is 12.1 Å². The summed E-state index contributed by atoms with van der Waals surface area (Å²) < 4.78 is 0. The summed E-state index contributed by atoms with van der Waals surface area (Å²) in [6.07, 6.45) is 12.9. The second-order valence-corrected chi connectivity index (χ2v) is 6.22. The van der Waals surface area contributed by atoms with E-state index in [4.69, 9.17) is 0 Å². The molecular weight excluding hydrogens is 270 g/mol. The molecule has 0 radical (unpaired) electrons. The number of amides is 1. The molecule has 0 unspecified atom stereocenters. The molecular formula is C20H33NO. The van der Waals surface area contributed by atoms with Crippen LogP contribution in [0.5, 0.6) is 0 Å². The molecule has 1 aromatic carbocycles. The average molecular weight is 303 g/mol. The minimum Gasteiger partial charge on any atom is -0.326 e. The first kappa shape index (κ1) is 18.7. The lowest BCUT2D eigenvalue weighted by Crippen LogP contribution is -2.10. The number of anilines is 1. The van der Waals surface area contributed by atoms with Gasteiger partial charge in [0, 0.05) is 12.1 Å². The van der Waals surface area contributed by atoms with Crippen molar-refractivity contribution in [2.75, 3.05) is 5.32 Å². The number of hydrogen-bond donors (Lipinski definition) is 1. The van der Waals surface area contributed by atoms with Gasteiger partial charge in [-0.15, -0.1) is 0 Å². The Hall–Kier alpha value is -1.31. The van der Waals surface area contributed by atoms with Crippen molar-refractivity contribution in [3.05, 3.63) is 29.8 Å². The first-order chi connectivity index (χ1) is 10.8. The second-order valence-electron chi connectivity index (χ2n) is 6.22. The Balaban J connectivity index is 2.21. The summed E-state index contributed by atoms with van der Waals surface area (Å²) >= 11 is 0. The van der Waals surface area contributed by atoms with Crippen molar-refractivity contribution in [2.45, 2.75) is 84.5 Å². The van der Waals surface area contributed by atoms with Gasteiger partial charge in [-0.2, -0.15) is 0 Å². The molecule has 2 nitrogen and oxygen atoms in total. The Bertz CT molecular complexity index is 397. The molecule has 1 aromatic rings. The monoisotopic (exact) mass is 303 g/mol. The Morgan fingerprint density at radius 3 is 2.05 bits per heavy atom. The third-order valence-corrected chi connectivity index (χ3v) is 4.06. The van der Waals surface area contributed by atoms with Crippen molar-refractivity contribution in [3.8, 4) is 0 Å². The molecule has 0 atom stereocenters. The number of rotatable bonds is 12. The highest BCUT2D eigenvalue weighted by molar-refractivity contribution is 5.90. The van der Waals surface area contributed by atoms with Crippen LogP contribution in [0.2, 0.25) is 0 Å². The minimum atomic E-state index is 0.146. The van der Waals surface area contributed by atoms with Crippen LogP contribution in [0.3, 0.4) is 0 Å². The minimum absolute atomic E-state index is 0.146. The van der Waals surface area contributed by atoms with Crippen LogP contribution in [0.25, 0.3) is 0 Å². The number of hydrogen-bond acceptors (Lipinski definition) is 1. The normalized spacial score (nSPS) is 10.6. The fourth-order valence-electron chi connectivity index (χ4n) is 2.62. The van der Waals surface area contributed by atoms with E-state index in [-0.39, 0.29) is 5.91 Å². The Labute approximate surface area is 136 Å². The zero-order chi connectivity index (χ0) is 16.0. The lowest BCUT2D eigenvalue weighted by molar-refractivity contribution is -0.116. The van der Waals surface area contributed by atoms with E-state index in [0.717, 1.165) is 24.9 Å². The van der Waals surface area contributed by atoms with E-state index in [1.165, 1.54) is 50.5 Å². The van der Waals surface area contributed by atoms with Gasteiger partial charge in [0.15, 0.2) is 0 Å². The van der Waals surface area contributed by atoms with Crippen LogP contribution >= 0.6 is 0 Å². The van der Waals surface area contributed by atoms with Gasteiger partial charge in [0.05, 0.1) is 0 Å². The number of benzene rings is 1. The van der Waals surface area contributed by atoms with E-state index in [0.29, 0.717) is 6.42 Å². The summed E-state index contributed by atoms with van der Waals surface area (Å²) in [4.78, 5) is 11.9. The molecule has 1 rings (SSSR count). The third kappa shape index (κ3) is 8.86. The van der Waals surface area contributed by atoms with Crippen molar-refractivity contribution < 1.29 is 4.79 Å². The lowest BCUT2D eigenvalue weighted by atomic mass is 10.1. The molecule has 0 spiro atoms. The Morgan fingerprint density at radius 2 is 1.41 bits per heavy atom. The van der Waals surface area contributed by atoms with Crippen molar-refractivity contribution in [3.63, 3.8) is 0 Å². The molecule has 1 amide bonds. The molecule has 0 aliphatic carbocycles. The van der Waals surface area contributed by atoms with Crippen LogP contribution < -0.4 is 5.32 Å². The van der Waals surface area contributed by atoms with Gasteiger partial charge in [-0.25, -0.2) is 0 Å². The van der Waals surface area contributed by atoms with Crippen molar-refractivity contribution in [2.24, 2.45) is 0 Å². The number of nitrogens with one attached hydrogen (secondary N) is 1. The van der Waals surface area contributed by atoms with Crippen LogP contribution in [0, 0.1) is 0 Å². The predicted molar refractivity (Wildman–Crippen MR) is 96.3 cm³/mol. The first-order valence-corrected chi connectivity index (χ1v) is 9.15. The highest BCUT2D eigenvalue weighted by atomic mass is 16.1. The largest absolute Gasteiger partial charge is 0.326 e. The first-order valence-electron chi connectivity index (χ1n) is 9.15. The molecule has 0 saturated heterocycles. The fraction of sp³-hybridized carbons (Fsp3) is 0.650. The van der Waals surface area contributed by atoms with Crippen LogP contribution in [0.15, 0.2) is 24.3 Å². The molecule has 1 N–H and O–H groups in total. The van der Waals surface area contributed by atoms with E-state index >= 15 is 0 Å². The molecule has 0 saturated carbocycles. The van der Waals surface area contributed by atoms with E-state index in [2.05, 4.69) is 31.3 Å². The van der Waals surface area contributed by atoms with Crippen LogP contribution in [0.4, 0.5) is 5.69 Å². The zero-order valence-electron chi connectivity index (χ0n) is 14.5. The fourth-order valence-corrected chi connectivity index (χ4v) is 2.62. The van der Waals surface area contributed by atoms with Gasteiger partial charge in [0.25, 0.3) is 0 Å². The third-order valence-electron chi connectivity index (χ3n) is 4.06. The summed E-state index contributed by atoms with van der Waals surface area (Å²) in [5.41, 5.74) is 2.30. The zero-order valence-corrected chi connectivity index (χ0v) is 14.5.